The van der Waals surface area contributed by atoms with E-state index in [4.69, 9.17) is 5.26 Å². The third kappa shape index (κ3) is 4.30. The second kappa shape index (κ2) is 8.12. The molecule has 1 fully saturated rings. The Bertz CT molecular complexity index is 1080. The maximum atomic E-state index is 13.2. The van der Waals surface area contributed by atoms with Crippen LogP contribution in [-0.2, 0) is 17.8 Å². The number of hydrogen-bond acceptors (Lipinski definition) is 6. The van der Waals surface area contributed by atoms with E-state index in [9.17, 15) is 18.0 Å². The molecule has 1 aliphatic carbocycles. The van der Waals surface area contributed by atoms with Gasteiger partial charge in [-0.15, -0.1) is 0 Å². The largest absolute Gasteiger partial charge is 0.420 e. The number of piperazine rings is 1. The zero-order valence-corrected chi connectivity index (χ0v) is 16.9. The number of carbonyl (C=O) groups excluding carboxylic acids is 1. The van der Waals surface area contributed by atoms with E-state index < -0.39 is 17.5 Å². The molecule has 2 aromatic rings. The van der Waals surface area contributed by atoms with Crippen molar-refractivity contribution in [3.05, 3.63) is 58.6 Å². The van der Waals surface area contributed by atoms with Crippen molar-refractivity contribution in [2.45, 2.75) is 26.1 Å². The Morgan fingerprint density at radius 3 is 2.48 bits per heavy atom. The zero-order chi connectivity index (χ0) is 22.2. The van der Waals surface area contributed by atoms with Crippen molar-refractivity contribution in [3.63, 3.8) is 0 Å². The van der Waals surface area contributed by atoms with Gasteiger partial charge in [0.2, 0.25) is 0 Å². The molecule has 0 radical (unpaired) electrons. The van der Waals surface area contributed by atoms with Gasteiger partial charge in [0.05, 0.1) is 11.3 Å². The van der Waals surface area contributed by atoms with Crippen LogP contribution in [0.1, 0.15) is 29.3 Å². The number of carbonyl (C=O) groups is 1. The standard InChI is InChI=1S/C22H20F3N5O/c1-14-20(22(23,24)25)18(31)9-17-8-16(12-28-21(14)17)13-29-4-6-30(7-5-29)19-3-2-15(10-26)11-27-19/h2-3,8,11-12H,4-7,9,13H2,1H3. The van der Waals surface area contributed by atoms with Crippen molar-refractivity contribution >= 4 is 17.2 Å². The minimum Gasteiger partial charge on any atom is -0.354 e. The molecular formula is C22H20F3N5O. The maximum absolute atomic E-state index is 13.2. The fourth-order valence-electron chi connectivity index (χ4n) is 4.11. The Morgan fingerprint density at radius 1 is 1.13 bits per heavy atom. The van der Waals surface area contributed by atoms with Gasteiger partial charge in [-0.25, -0.2) is 4.98 Å². The van der Waals surface area contributed by atoms with Crippen LogP contribution < -0.4 is 4.90 Å². The van der Waals surface area contributed by atoms with E-state index in [0.717, 1.165) is 37.6 Å². The van der Waals surface area contributed by atoms with Crippen molar-refractivity contribution in [3.8, 4) is 6.07 Å². The number of nitriles is 1. The second-order valence-corrected chi connectivity index (χ2v) is 7.73. The average molecular weight is 427 g/mol. The highest BCUT2D eigenvalue weighted by Crippen LogP contribution is 2.37. The smallest absolute Gasteiger partial charge is 0.354 e. The summed E-state index contributed by atoms with van der Waals surface area (Å²) in [4.78, 5) is 25.0. The van der Waals surface area contributed by atoms with Gasteiger partial charge >= 0.3 is 6.18 Å². The first-order valence-corrected chi connectivity index (χ1v) is 9.89. The fraction of sp³-hybridized carbons (Fsp3) is 0.364. The lowest BCUT2D eigenvalue weighted by molar-refractivity contribution is -0.128. The number of nitrogens with zero attached hydrogens (tertiary/aromatic N) is 5. The molecular weight excluding hydrogens is 407 g/mol. The summed E-state index contributed by atoms with van der Waals surface area (Å²) >= 11 is 0. The molecule has 31 heavy (non-hydrogen) atoms. The molecule has 1 aliphatic heterocycles. The van der Waals surface area contributed by atoms with Crippen LogP contribution in [-0.4, -0.2) is 53.0 Å². The number of alkyl halides is 3. The molecule has 4 rings (SSSR count). The molecule has 0 amide bonds. The third-order valence-electron chi connectivity index (χ3n) is 5.65. The summed E-state index contributed by atoms with van der Waals surface area (Å²) in [5, 5.41) is 8.88. The number of allylic oxidation sites excluding steroid dienone is 2. The number of halogens is 3. The molecule has 3 heterocycles. The molecule has 1 saturated heterocycles. The first kappa shape index (κ1) is 21.0. The summed E-state index contributed by atoms with van der Waals surface area (Å²) in [6, 6.07) is 7.43. The van der Waals surface area contributed by atoms with Crippen LogP contribution in [0.15, 0.2) is 36.2 Å². The summed E-state index contributed by atoms with van der Waals surface area (Å²) in [5.41, 5.74) is 1.01. The summed E-state index contributed by atoms with van der Waals surface area (Å²) < 4.78 is 39.5. The van der Waals surface area contributed by atoms with Gasteiger partial charge in [0.15, 0.2) is 5.78 Å². The van der Waals surface area contributed by atoms with E-state index in [0.29, 0.717) is 17.7 Å². The van der Waals surface area contributed by atoms with Gasteiger partial charge in [-0.05, 0) is 35.8 Å². The monoisotopic (exact) mass is 427 g/mol. The Hall–Kier alpha value is -3.25. The number of aromatic nitrogens is 2. The lowest BCUT2D eigenvalue weighted by Crippen LogP contribution is -2.46. The van der Waals surface area contributed by atoms with E-state index in [1.54, 1.807) is 24.5 Å². The Kier molecular flexibility index (Phi) is 5.50. The van der Waals surface area contributed by atoms with Crippen LogP contribution in [0.2, 0.25) is 0 Å². The van der Waals surface area contributed by atoms with Crippen molar-refractivity contribution < 1.29 is 18.0 Å². The number of ketones is 1. The number of pyridine rings is 2. The fourth-order valence-corrected chi connectivity index (χ4v) is 4.11. The highest BCUT2D eigenvalue weighted by molar-refractivity contribution is 6.07. The van der Waals surface area contributed by atoms with Gasteiger partial charge in [-0.3, -0.25) is 14.7 Å². The topological polar surface area (TPSA) is 73.1 Å². The Morgan fingerprint density at radius 2 is 1.87 bits per heavy atom. The third-order valence-corrected chi connectivity index (χ3v) is 5.65. The van der Waals surface area contributed by atoms with Gasteiger partial charge in [0.25, 0.3) is 0 Å². The van der Waals surface area contributed by atoms with Crippen LogP contribution >= 0.6 is 0 Å². The molecule has 2 aromatic heterocycles. The van der Waals surface area contributed by atoms with Crippen molar-refractivity contribution in [1.29, 1.82) is 5.26 Å². The number of fused-ring (bicyclic) bond motifs is 1. The van der Waals surface area contributed by atoms with Gasteiger partial charge in [0.1, 0.15) is 17.5 Å². The molecule has 160 valence electrons. The first-order valence-electron chi connectivity index (χ1n) is 9.89. The highest BCUT2D eigenvalue weighted by atomic mass is 19.4. The molecule has 0 N–H and O–H groups in total. The Balaban J connectivity index is 1.43. The summed E-state index contributed by atoms with van der Waals surface area (Å²) in [7, 11) is 0. The molecule has 0 spiro atoms. The normalized spacial score (nSPS) is 17.5. The predicted octanol–water partition coefficient (Wildman–Crippen LogP) is 3.13. The van der Waals surface area contributed by atoms with Crippen molar-refractivity contribution in [2.24, 2.45) is 0 Å². The predicted molar refractivity (Wildman–Crippen MR) is 108 cm³/mol. The van der Waals surface area contributed by atoms with Crippen molar-refractivity contribution in [2.75, 3.05) is 31.1 Å². The zero-order valence-electron chi connectivity index (χ0n) is 16.9. The van der Waals surface area contributed by atoms with Gasteiger partial charge < -0.3 is 4.90 Å². The average Bonchev–Trinajstić information content (AvgIpc) is 2.73. The molecule has 0 unspecified atom stereocenters. The van der Waals surface area contributed by atoms with Crippen molar-refractivity contribution in [1.82, 2.24) is 14.9 Å². The lowest BCUT2D eigenvalue weighted by atomic mass is 9.88. The van der Waals surface area contributed by atoms with E-state index in [1.807, 2.05) is 6.07 Å². The van der Waals surface area contributed by atoms with Crippen LogP contribution in [0.4, 0.5) is 19.0 Å². The Labute approximate surface area is 177 Å². The van der Waals surface area contributed by atoms with Gasteiger partial charge in [0, 0.05) is 51.5 Å². The molecule has 0 bridgehead atoms. The minimum absolute atomic E-state index is 0.103. The molecule has 6 nitrogen and oxygen atoms in total. The quantitative estimate of drug-likeness (QED) is 0.750. The number of rotatable bonds is 3. The van der Waals surface area contributed by atoms with E-state index in [2.05, 4.69) is 25.8 Å². The molecule has 9 heteroatoms. The SMILES string of the molecule is CC1=C(C(F)(F)F)C(=O)Cc2cc(CN3CCN(c4ccc(C#N)cn4)CC3)cnc21. The van der Waals surface area contributed by atoms with Crippen LogP contribution in [0.25, 0.3) is 5.57 Å². The summed E-state index contributed by atoms with van der Waals surface area (Å²) in [6.45, 7) is 5.03. The second-order valence-electron chi connectivity index (χ2n) is 7.73. The van der Waals surface area contributed by atoms with Gasteiger partial charge in [-0.2, -0.15) is 18.4 Å². The number of anilines is 1. The van der Waals surface area contributed by atoms with Crippen LogP contribution in [0.3, 0.4) is 0 Å². The molecule has 2 aliphatic rings. The minimum atomic E-state index is -4.66. The van der Waals surface area contributed by atoms with E-state index in [1.165, 1.54) is 6.92 Å². The maximum Gasteiger partial charge on any atom is 0.420 e. The number of Topliss-reactive ketones (excluding diaryl/α,β-unsaturated/α-hetero) is 1. The lowest BCUT2D eigenvalue weighted by Gasteiger charge is -2.35. The molecule has 0 atom stereocenters. The van der Waals surface area contributed by atoms with Gasteiger partial charge in [-0.1, -0.05) is 6.07 Å². The molecule has 0 saturated carbocycles. The summed E-state index contributed by atoms with van der Waals surface area (Å²) in [5.74, 6) is -0.0738. The van der Waals surface area contributed by atoms with E-state index >= 15 is 0 Å². The summed E-state index contributed by atoms with van der Waals surface area (Å²) in [6.07, 6.45) is -1.79. The highest BCUT2D eigenvalue weighted by Gasteiger charge is 2.42. The molecule has 0 aromatic carbocycles. The van der Waals surface area contributed by atoms with Crippen LogP contribution in [0.5, 0.6) is 0 Å². The van der Waals surface area contributed by atoms with E-state index in [-0.39, 0.29) is 17.7 Å². The number of hydrogen-bond donors (Lipinski definition) is 0. The van der Waals surface area contributed by atoms with Crippen LogP contribution in [0, 0.1) is 11.3 Å². The first-order chi connectivity index (χ1) is 14.8.